The number of carbonyl (C=O) groups is 1. The predicted molar refractivity (Wildman–Crippen MR) is 83.9 cm³/mol. The highest BCUT2D eigenvalue weighted by atomic mass is 32.1. The first-order valence-corrected chi connectivity index (χ1v) is 8.23. The molecule has 1 saturated carbocycles. The van der Waals surface area contributed by atoms with E-state index < -0.39 is 0 Å². The number of thiophene rings is 1. The highest BCUT2D eigenvalue weighted by Crippen LogP contribution is 2.21. The van der Waals surface area contributed by atoms with Gasteiger partial charge >= 0.3 is 0 Å². The molecule has 5 heteroatoms. The molecule has 1 amide bonds. The van der Waals surface area contributed by atoms with E-state index in [1.165, 1.54) is 30.6 Å². The van der Waals surface area contributed by atoms with Crippen molar-refractivity contribution in [1.29, 1.82) is 0 Å². The zero-order valence-electron chi connectivity index (χ0n) is 12.4. The van der Waals surface area contributed by atoms with Gasteiger partial charge in [-0.05, 0) is 51.2 Å². The van der Waals surface area contributed by atoms with E-state index in [0.29, 0.717) is 25.2 Å². The molecule has 112 valence electrons. The molecule has 0 aromatic carbocycles. The third-order valence-corrected chi connectivity index (χ3v) is 5.04. The summed E-state index contributed by atoms with van der Waals surface area (Å²) in [4.78, 5) is 15.4. The average Bonchev–Trinajstić information content (AvgIpc) is 2.98. The Bertz CT molecular complexity index is 399. The number of hydrogen-bond acceptors (Lipinski definition) is 4. The molecule has 0 radical (unpaired) electrons. The molecule has 1 aromatic heterocycles. The zero-order valence-corrected chi connectivity index (χ0v) is 13.2. The zero-order chi connectivity index (χ0) is 14.4. The van der Waals surface area contributed by atoms with E-state index >= 15 is 0 Å². The minimum atomic E-state index is 0.122. The van der Waals surface area contributed by atoms with Crippen LogP contribution in [0.1, 0.15) is 30.6 Å². The summed E-state index contributed by atoms with van der Waals surface area (Å²) in [6.45, 7) is 1.15. The summed E-state index contributed by atoms with van der Waals surface area (Å²) in [5.74, 6) is 0.122. The largest absolute Gasteiger partial charge is 0.350 e. The lowest BCUT2D eigenvalue weighted by atomic mass is 9.90. The van der Waals surface area contributed by atoms with Crippen LogP contribution in [0.5, 0.6) is 0 Å². The molecule has 4 nitrogen and oxygen atoms in total. The van der Waals surface area contributed by atoms with Gasteiger partial charge in [0.15, 0.2) is 0 Å². The number of nitrogens with one attached hydrogen (secondary N) is 2. The second-order valence-electron chi connectivity index (χ2n) is 5.57. The maximum atomic E-state index is 12.0. The van der Waals surface area contributed by atoms with Crippen molar-refractivity contribution in [1.82, 2.24) is 15.5 Å². The lowest BCUT2D eigenvalue weighted by Gasteiger charge is -2.34. The van der Waals surface area contributed by atoms with E-state index in [1.54, 1.807) is 11.3 Å². The van der Waals surface area contributed by atoms with Gasteiger partial charge in [0.2, 0.25) is 5.91 Å². The maximum Gasteiger partial charge on any atom is 0.234 e. The van der Waals surface area contributed by atoms with Crippen LogP contribution in [0.4, 0.5) is 0 Å². The van der Waals surface area contributed by atoms with Crippen molar-refractivity contribution >= 4 is 17.2 Å². The van der Waals surface area contributed by atoms with Gasteiger partial charge in [-0.1, -0.05) is 6.07 Å². The van der Waals surface area contributed by atoms with Gasteiger partial charge in [-0.3, -0.25) is 9.69 Å². The molecule has 20 heavy (non-hydrogen) atoms. The van der Waals surface area contributed by atoms with E-state index in [2.05, 4.69) is 22.6 Å². The molecule has 1 heterocycles. The number of hydrogen-bond donors (Lipinski definition) is 2. The normalized spacial score (nSPS) is 22.9. The van der Waals surface area contributed by atoms with Crippen LogP contribution in [-0.2, 0) is 11.3 Å². The molecule has 0 bridgehead atoms. The Morgan fingerprint density at radius 2 is 2.15 bits per heavy atom. The first-order chi connectivity index (χ1) is 9.69. The Morgan fingerprint density at radius 1 is 1.40 bits per heavy atom. The number of likely N-dealkylation sites (N-methyl/N-ethyl adjacent to an activating group) is 1. The van der Waals surface area contributed by atoms with Gasteiger partial charge in [-0.15, -0.1) is 11.3 Å². The summed E-state index contributed by atoms with van der Waals surface area (Å²) < 4.78 is 0. The number of rotatable bonds is 6. The highest BCUT2D eigenvalue weighted by Gasteiger charge is 2.23. The van der Waals surface area contributed by atoms with Gasteiger partial charge in [0, 0.05) is 17.0 Å². The van der Waals surface area contributed by atoms with Crippen molar-refractivity contribution < 1.29 is 4.79 Å². The Kier molecular flexibility index (Phi) is 6.01. The van der Waals surface area contributed by atoms with Crippen LogP contribution in [-0.4, -0.2) is 43.5 Å². The molecule has 0 unspecified atom stereocenters. The molecule has 0 atom stereocenters. The Balaban J connectivity index is 1.68. The average molecular weight is 295 g/mol. The maximum absolute atomic E-state index is 12.0. The molecule has 1 aromatic rings. The van der Waals surface area contributed by atoms with E-state index in [0.717, 1.165) is 0 Å². The van der Waals surface area contributed by atoms with Gasteiger partial charge < -0.3 is 10.6 Å². The van der Waals surface area contributed by atoms with Crippen LogP contribution >= 0.6 is 11.3 Å². The third-order valence-electron chi connectivity index (χ3n) is 4.16. The summed E-state index contributed by atoms with van der Waals surface area (Å²) in [7, 11) is 4.10. The summed E-state index contributed by atoms with van der Waals surface area (Å²) in [6, 6.07) is 5.27. The lowest BCUT2D eigenvalue weighted by Crippen LogP contribution is -2.44. The quantitative estimate of drug-likeness (QED) is 0.841. The first kappa shape index (κ1) is 15.5. The number of carbonyl (C=O) groups excluding carboxylic acids is 1. The molecule has 2 N–H and O–H groups in total. The second kappa shape index (κ2) is 7.76. The van der Waals surface area contributed by atoms with Crippen molar-refractivity contribution in [3.05, 3.63) is 22.4 Å². The minimum Gasteiger partial charge on any atom is -0.350 e. The highest BCUT2D eigenvalue weighted by molar-refractivity contribution is 7.09. The van der Waals surface area contributed by atoms with Crippen LogP contribution < -0.4 is 10.6 Å². The van der Waals surface area contributed by atoms with Gasteiger partial charge in [0.25, 0.3) is 0 Å². The van der Waals surface area contributed by atoms with Gasteiger partial charge in [-0.2, -0.15) is 0 Å². The van der Waals surface area contributed by atoms with Crippen LogP contribution in [0.25, 0.3) is 0 Å². The van der Waals surface area contributed by atoms with Crippen LogP contribution in [0.3, 0.4) is 0 Å². The van der Waals surface area contributed by atoms with E-state index in [-0.39, 0.29) is 5.91 Å². The Hall–Kier alpha value is -0.910. The van der Waals surface area contributed by atoms with Crippen molar-refractivity contribution in [3.63, 3.8) is 0 Å². The smallest absolute Gasteiger partial charge is 0.234 e. The fourth-order valence-electron chi connectivity index (χ4n) is 2.82. The SMILES string of the molecule is CNC1CCC(N(C)CC(=O)NCc2cccs2)CC1. The molecule has 1 aliphatic rings. The second-order valence-corrected chi connectivity index (χ2v) is 6.60. The standard InChI is InChI=1S/C15H25N3OS/c1-16-12-5-7-13(8-6-12)18(2)11-15(19)17-10-14-4-3-9-20-14/h3-4,9,12-13,16H,5-8,10-11H2,1-2H3,(H,17,19). The topological polar surface area (TPSA) is 44.4 Å². The number of amides is 1. The summed E-state index contributed by atoms with van der Waals surface area (Å²) in [5.41, 5.74) is 0. The fourth-order valence-corrected chi connectivity index (χ4v) is 3.46. The lowest BCUT2D eigenvalue weighted by molar-refractivity contribution is -0.122. The van der Waals surface area contributed by atoms with Crippen molar-refractivity contribution in [2.75, 3.05) is 20.6 Å². The minimum absolute atomic E-state index is 0.122. The molecule has 0 aliphatic heterocycles. The monoisotopic (exact) mass is 295 g/mol. The van der Waals surface area contributed by atoms with Crippen molar-refractivity contribution in [2.24, 2.45) is 0 Å². The van der Waals surface area contributed by atoms with Crippen molar-refractivity contribution in [2.45, 2.75) is 44.3 Å². The molecular formula is C15H25N3OS. The third kappa shape index (κ3) is 4.58. The van der Waals surface area contributed by atoms with Gasteiger partial charge in [-0.25, -0.2) is 0 Å². The van der Waals surface area contributed by atoms with Crippen LogP contribution in [0.15, 0.2) is 17.5 Å². The molecule has 1 fully saturated rings. The van der Waals surface area contributed by atoms with E-state index in [1.807, 2.05) is 24.6 Å². The van der Waals surface area contributed by atoms with Gasteiger partial charge in [0.1, 0.15) is 0 Å². The summed E-state index contributed by atoms with van der Waals surface area (Å²) >= 11 is 1.68. The predicted octanol–water partition coefficient (Wildman–Crippen LogP) is 1.83. The van der Waals surface area contributed by atoms with Crippen LogP contribution in [0, 0.1) is 0 Å². The fraction of sp³-hybridized carbons (Fsp3) is 0.667. The molecule has 0 saturated heterocycles. The first-order valence-electron chi connectivity index (χ1n) is 7.35. The summed E-state index contributed by atoms with van der Waals surface area (Å²) in [6.07, 6.45) is 4.78. The molecule has 0 spiro atoms. The molecule has 2 rings (SSSR count). The molecular weight excluding hydrogens is 270 g/mol. The van der Waals surface area contributed by atoms with Crippen LogP contribution in [0.2, 0.25) is 0 Å². The summed E-state index contributed by atoms with van der Waals surface area (Å²) in [5, 5.41) is 8.37. The van der Waals surface area contributed by atoms with Crippen molar-refractivity contribution in [3.8, 4) is 0 Å². The van der Waals surface area contributed by atoms with E-state index in [4.69, 9.17) is 0 Å². The Labute approximate surface area is 125 Å². The number of nitrogens with zero attached hydrogens (tertiary/aromatic N) is 1. The Morgan fingerprint density at radius 3 is 2.75 bits per heavy atom. The van der Waals surface area contributed by atoms with E-state index in [9.17, 15) is 4.79 Å². The molecule has 1 aliphatic carbocycles. The van der Waals surface area contributed by atoms with Gasteiger partial charge in [0.05, 0.1) is 13.1 Å².